The SMILES string of the molecule is N#CCCSCc1ccc2oc(C(=O)[O-])cc2c1. The average molecular weight is 260 g/mol. The Bertz CT molecular complexity index is 612. The molecule has 0 saturated heterocycles. The molecular formula is C13H10NO3S-. The van der Waals surface area contributed by atoms with Gasteiger partial charge in [0.25, 0.3) is 0 Å². The number of rotatable bonds is 5. The molecular weight excluding hydrogens is 250 g/mol. The van der Waals surface area contributed by atoms with Crippen LogP contribution >= 0.6 is 11.8 Å². The highest BCUT2D eigenvalue weighted by molar-refractivity contribution is 7.98. The molecule has 0 N–H and O–H groups in total. The molecule has 0 aliphatic heterocycles. The number of thioether (sulfide) groups is 1. The lowest BCUT2D eigenvalue weighted by Gasteiger charge is -1.99. The monoisotopic (exact) mass is 260 g/mol. The maximum atomic E-state index is 10.7. The Morgan fingerprint density at radius 3 is 3.00 bits per heavy atom. The minimum atomic E-state index is -1.31. The zero-order valence-electron chi connectivity index (χ0n) is 9.51. The van der Waals surface area contributed by atoms with E-state index in [1.165, 1.54) is 6.07 Å². The molecule has 1 aromatic carbocycles. The second kappa shape index (κ2) is 5.61. The van der Waals surface area contributed by atoms with Gasteiger partial charge in [0.2, 0.25) is 0 Å². The van der Waals surface area contributed by atoms with E-state index in [0.717, 1.165) is 22.5 Å². The van der Waals surface area contributed by atoms with Crippen LogP contribution in [0.4, 0.5) is 0 Å². The third-order valence-corrected chi connectivity index (χ3v) is 3.44. The van der Waals surface area contributed by atoms with Crippen LogP contribution in [0.2, 0.25) is 0 Å². The van der Waals surface area contributed by atoms with Crippen LogP contribution in [0.1, 0.15) is 22.5 Å². The van der Waals surface area contributed by atoms with E-state index < -0.39 is 5.97 Å². The maximum Gasteiger partial charge on any atom is 0.150 e. The van der Waals surface area contributed by atoms with Crippen LogP contribution in [0.25, 0.3) is 11.0 Å². The third-order valence-electron chi connectivity index (χ3n) is 2.41. The Kier molecular flexibility index (Phi) is 3.90. The van der Waals surface area contributed by atoms with Crippen LogP contribution in [0.3, 0.4) is 0 Å². The van der Waals surface area contributed by atoms with Gasteiger partial charge in [-0.25, -0.2) is 0 Å². The van der Waals surface area contributed by atoms with Crippen molar-refractivity contribution in [2.45, 2.75) is 12.2 Å². The number of hydrogen-bond acceptors (Lipinski definition) is 5. The minimum absolute atomic E-state index is 0.153. The molecule has 0 bridgehead atoms. The summed E-state index contributed by atoms with van der Waals surface area (Å²) in [5.74, 6) is 0.128. The van der Waals surface area contributed by atoms with Crippen LogP contribution in [0.5, 0.6) is 0 Å². The number of nitrogens with zero attached hydrogens (tertiary/aromatic N) is 1. The average Bonchev–Trinajstić information content (AvgIpc) is 2.78. The van der Waals surface area contributed by atoms with Gasteiger partial charge in [0.1, 0.15) is 11.6 Å². The van der Waals surface area contributed by atoms with Gasteiger partial charge in [-0.05, 0) is 23.8 Å². The number of benzene rings is 1. The van der Waals surface area contributed by atoms with Gasteiger partial charge in [-0.2, -0.15) is 17.0 Å². The lowest BCUT2D eigenvalue weighted by Crippen LogP contribution is -2.21. The first kappa shape index (κ1) is 12.5. The fraction of sp³-hybridized carbons (Fsp3) is 0.231. The Hall–Kier alpha value is -1.93. The van der Waals surface area contributed by atoms with Gasteiger partial charge >= 0.3 is 0 Å². The molecule has 0 saturated carbocycles. The molecule has 0 radical (unpaired) electrons. The first-order valence-electron chi connectivity index (χ1n) is 5.39. The molecule has 4 nitrogen and oxygen atoms in total. The molecule has 0 aliphatic rings. The molecule has 0 spiro atoms. The number of fused-ring (bicyclic) bond motifs is 1. The number of furan rings is 1. The largest absolute Gasteiger partial charge is 0.542 e. The number of hydrogen-bond donors (Lipinski definition) is 0. The topological polar surface area (TPSA) is 77.1 Å². The van der Waals surface area contributed by atoms with E-state index in [0.29, 0.717) is 12.0 Å². The quantitative estimate of drug-likeness (QED) is 0.768. The first-order valence-corrected chi connectivity index (χ1v) is 6.54. The molecule has 0 amide bonds. The van der Waals surface area contributed by atoms with Gasteiger partial charge < -0.3 is 14.3 Å². The van der Waals surface area contributed by atoms with Crippen molar-refractivity contribution in [2.75, 3.05) is 5.75 Å². The molecule has 2 rings (SSSR count). The zero-order chi connectivity index (χ0) is 13.0. The molecule has 0 aliphatic carbocycles. The summed E-state index contributed by atoms with van der Waals surface area (Å²) in [7, 11) is 0. The minimum Gasteiger partial charge on any atom is -0.542 e. The molecule has 2 aromatic rings. The fourth-order valence-electron chi connectivity index (χ4n) is 1.59. The van der Waals surface area contributed by atoms with E-state index in [-0.39, 0.29) is 5.76 Å². The van der Waals surface area contributed by atoms with Crippen molar-refractivity contribution in [3.05, 3.63) is 35.6 Å². The zero-order valence-corrected chi connectivity index (χ0v) is 10.3. The number of nitriles is 1. The number of carbonyl (C=O) groups is 1. The summed E-state index contributed by atoms with van der Waals surface area (Å²) in [4.78, 5) is 10.7. The van der Waals surface area contributed by atoms with Crippen molar-refractivity contribution < 1.29 is 14.3 Å². The summed E-state index contributed by atoms with van der Waals surface area (Å²) in [6.07, 6.45) is 0.535. The second-order valence-electron chi connectivity index (χ2n) is 3.73. The molecule has 1 heterocycles. The summed E-state index contributed by atoms with van der Waals surface area (Å²) < 4.78 is 5.12. The van der Waals surface area contributed by atoms with Gasteiger partial charge in [0, 0.05) is 23.3 Å². The van der Waals surface area contributed by atoms with E-state index in [1.807, 2.05) is 12.1 Å². The molecule has 18 heavy (non-hydrogen) atoms. The Morgan fingerprint density at radius 1 is 1.44 bits per heavy atom. The van der Waals surface area contributed by atoms with Crippen molar-refractivity contribution in [1.29, 1.82) is 5.26 Å². The van der Waals surface area contributed by atoms with Crippen molar-refractivity contribution >= 4 is 28.7 Å². The van der Waals surface area contributed by atoms with Gasteiger partial charge in [0.05, 0.1) is 6.07 Å². The Morgan fingerprint density at radius 2 is 2.28 bits per heavy atom. The third kappa shape index (κ3) is 2.84. The van der Waals surface area contributed by atoms with Crippen LogP contribution < -0.4 is 5.11 Å². The van der Waals surface area contributed by atoms with Gasteiger partial charge in [-0.15, -0.1) is 0 Å². The van der Waals surface area contributed by atoms with Gasteiger partial charge in [0.15, 0.2) is 5.76 Å². The molecule has 1 aromatic heterocycles. The molecule has 0 atom stereocenters. The highest BCUT2D eigenvalue weighted by atomic mass is 32.2. The van der Waals surface area contributed by atoms with E-state index in [2.05, 4.69) is 6.07 Å². The van der Waals surface area contributed by atoms with Gasteiger partial charge in [-0.1, -0.05) is 6.07 Å². The van der Waals surface area contributed by atoms with E-state index in [1.54, 1.807) is 17.8 Å². The lowest BCUT2D eigenvalue weighted by molar-refractivity contribution is -0.256. The van der Waals surface area contributed by atoms with Crippen molar-refractivity contribution in [1.82, 2.24) is 0 Å². The summed E-state index contributed by atoms with van der Waals surface area (Å²) in [5, 5.41) is 19.8. The highest BCUT2D eigenvalue weighted by Crippen LogP contribution is 2.22. The highest BCUT2D eigenvalue weighted by Gasteiger charge is 2.05. The normalized spacial score (nSPS) is 10.4. The van der Waals surface area contributed by atoms with Gasteiger partial charge in [-0.3, -0.25) is 0 Å². The summed E-state index contributed by atoms with van der Waals surface area (Å²) in [6.45, 7) is 0. The van der Waals surface area contributed by atoms with Crippen LogP contribution in [0.15, 0.2) is 28.7 Å². The summed E-state index contributed by atoms with van der Waals surface area (Å²) in [6, 6.07) is 9.10. The predicted octanol–water partition coefficient (Wildman–Crippen LogP) is 1.94. The van der Waals surface area contributed by atoms with E-state index in [4.69, 9.17) is 9.68 Å². The first-order chi connectivity index (χ1) is 8.70. The van der Waals surface area contributed by atoms with E-state index >= 15 is 0 Å². The number of carbonyl (C=O) groups excluding carboxylic acids is 1. The number of carboxylic acid groups (broad SMARTS) is 1. The smallest absolute Gasteiger partial charge is 0.150 e. The van der Waals surface area contributed by atoms with Crippen LogP contribution in [-0.4, -0.2) is 11.7 Å². The number of carboxylic acids is 1. The van der Waals surface area contributed by atoms with E-state index in [9.17, 15) is 9.90 Å². The van der Waals surface area contributed by atoms with Crippen molar-refractivity contribution in [2.24, 2.45) is 0 Å². The summed E-state index contributed by atoms with van der Waals surface area (Å²) >= 11 is 1.67. The maximum absolute atomic E-state index is 10.7. The Labute approximate surface area is 108 Å². The molecule has 0 fully saturated rings. The lowest BCUT2D eigenvalue weighted by atomic mass is 10.2. The second-order valence-corrected chi connectivity index (χ2v) is 4.84. The van der Waals surface area contributed by atoms with Crippen molar-refractivity contribution in [3.8, 4) is 6.07 Å². The van der Waals surface area contributed by atoms with Crippen LogP contribution in [-0.2, 0) is 5.75 Å². The molecule has 0 unspecified atom stereocenters. The molecule has 92 valence electrons. The predicted molar refractivity (Wildman–Crippen MR) is 66.9 cm³/mol. The number of aromatic carboxylic acids is 1. The van der Waals surface area contributed by atoms with Crippen molar-refractivity contribution in [3.63, 3.8) is 0 Å². The fourth-order valence-corrected chi connectivity index (χ4v) is 2.39. The standard InChI is InChI=1S/C13H11NO3S/c14-4-1-5-18-8-9-2-3-11-10(6-9)7-12(17-11)13(15)16/h2-3,6-7H,1,5,8H2,(H,15,16)/p-1. The molecule has 5 heteroatoms. The van der Waals surface area contributed by atoms with Crippen LogP contribution in [0, 0.1) is 11.3 Å². The summed E-state index contributed by atoms with van der Waals surface area (Å²) in [5.41, 5.74) is 1.62. The Balaban J connectivity index is 2.12.